The lowest BCUT2D eigenvalue weighted by Gasteiger charge is -2.44. The SMILES string of the molecule is CCN1C(=O)CCC[C@H]2NCCCC[C@@]21C. The van der Waals surface area contributed by atoms with Crippen LogP contribution >= 0.6 is 0 Å². The summed E-state index contributed by atoms with van der Waals surface area (Å²) in [6.45, 7) is 6.36. The Kier molecular flexibility index (Phi) is 3.53. The lowest BCUT2D eigenvalue weighted by Crippen LogP contribution is -2.59. The van der Waals surface area contributed by atoms with Crippen LogP contribution in [-0.2, 0) is 4.79 Å². The molecule has 1 N–H and O–H groups in total. The number of carbonyl (C=O) groups excluding carboxylic acids is 1. The van der Waals surface area contributed by atoms with Gasteiger partial charge in [-0.25, -0.2) is 0 Å². The molecule has 1 amide bonds. The van der Waals surface area contributed by atoms with Crippen LogP contribution in [0, 0.1) is 0 Å². The van der Waals surface area contributed by atoms with Gasteiger partial charge in [-0.1, -0.05) is 0 Å². The number of amides is 1. The van der Waals surface area contributed by atoms with E-state index >= 15 is 0 Å². The maximum absolute atomic E-state index is 12.1. The number of hydrogen-bond acceptors (Lipinski definition) is 2. The van der Waals surface area contributed by atoms with E-state index < -0.39 is 0 Å². The van der Waals surface area contributed by atoms with Crippen molar-refractivity contribution in [2.24, 2.45) is 0 Å². The van der Waals surface area contributed by atoms with Gasteiger partial charge in [-0.05, 0) is 52.5 Å². The third-order valence-corrected chi connectivity index (χ3v) is 4.37. The summed E-state index contributed by atoms with van der Waals surface area (Å²) in [6, 6.07) is 0.501. The van der Waals surface area contributed by atoms with Crippen molar-refractivity contribution >= 4 is 5.91 Å². The summed E-state index contributed by atoms with van der Waals surface area (Å²) >= 11 is 0. The molecule has 0 saturated carbocycles. The van der Waals surface area contributed by atoms with Crippen LogP contribution in [0.1, 0.15) is 52.4 Å². The fraction of sp³-hybridized carbons (Fsp3) is 0.923. The van der Waals surface area contributed by atoms with Crippen molar-refractivity contribution in [3.8, 4) is 0 Å². The highest BCUT2D eigenvalue weighted by atomic mass is 16.2. The zero-order chi connectivity index (χ0) is 11.6. The normalized spacial score (nSPS) is 36.5. The third kappa shape index (κ3) is 1.97. The second kappa shape index (κ2) is 4.74. The maximum atomic E-state index is 12.1. The van der Waals surface area contributed by atoms with Crippen molar-refractivity contribution in [2.45, 2.75) is 64.0 Å². The van der Waals surface area contributed by atoms with E-state index in [0.29, 0.717) is 11.9 Å². The smallest absolute Gasteiger partial charge is 0.223 e. The zero-order valence-corrected chi connectivity index (χ0v) is 10.6. The second-order valence-electron chi connectivity index (χ2n) is 5.35. The quantitative estimate of drug-likeness (QED) is 0.738. The maximum Gasteiger partial charge on any atom is 0.223 e. The Bertz CT molecular complexity index is 267. The van der Waals surface area contributed by atoms with Crippen molar-refractivity contribution in [3.63, 3.8) is 0 Å². The molecule has 0 unspecified atom stereocenters. The minimum atomic E-state index is 0.0544. The van der Waals surface area contributed by atoms with Crippen LogP contribution in [0.3, 0.4) is 0 Å². The average Bonchev–Trinajstić information content (AvgIpc) is 2.48. The number of likely N-dealkylation sites (tertiary alicyclic amines) is 1. The molecule has 2 aliphatic heterocycles. The Morgan fingerprint density at radius 3 is 3.00 bits per heavy atom. The van der Waals surface area contributed by atoms with E-state index in [2.05, 4.69) is 24.1 Å². The Morgan fingerprint density at radius 1 is 1.44 bits per heavy atom. The van der Waals surface area contributed by atoms with Crippen molar-refractivity contribution in [1.29, 1.82) is 0 Å². The number of fused-ring (bicyclic) bond motifs is 1. The van der Waals surface area contributed by atoms with Gasteiger partial charge in [0.05, 0.1) is 5.54 Å². The van der Waals surface area contributed by atoms with E-state index in [1.807, 2.05) is 0 Å². The molecule has 2 fully saturated rings. The predicted molar refractivity (Wildman–Crippen MR) is 65.3 cm³/mol. The second-order valence-corrected chi connectivity index (χ2v) is 5.35. The zero-order valence-electron chi connectivity index (χ0n) is 10.6. The first kappa shape index (κ1) is 11.9. The predicted octanol–water partition coefficient (Wildman–Crippen LogP) is 1.92. The molecule has 0 aromatic heterocycles. The lowest BCUT2D eigenvalue weighted by atomic mass is 9.85. The third-order valence-electron chi connectivity index (χ3n) is 4.37. The highest BCUT2D eigenvalue weighted by Crippen LogP contribution is 2.33. The van der Waals surface area contributed by atoms with Gasteiger partial charge in [0.25, 0.3) is 0 Å². The van der Waals surface area contributed by atoms with Gasteiger partial charge in [0.1, 0.15) is 0 Å². The molecule has 16 heavy (non-hydrogen) atoms. The highest BCUT2D eigenvalue weighted by Gasteiger charge is 2.43. The molecule has 3 nitrogen and oxygen atoms in total. The Morgan fingerprint density at radius 2 is 2.25 bits per heavy atom. The topological polar surface area (TPSA) is 32.3 Å². The van der Waals surface area contributed by atoms with Crippen molar-refractivity contribution in [1.82, 2.24) is 10.2 Å². The van der Waals surface area contributed by atoms with Crippen LogP contribution in [0.4, 0.5) is 0 Å². The van der Waals surface area contributed by atoms with Crippen LogP contribution in [0.15, 0.2) is 0 Å². The molecule has 0 aromatic carbocycles. The molecule has 0 aromatic rings. The summed E-state index contributed by atoms with van der Waals surface area (Å²) in [5, 5.41) is 3.66. The first-order chi connectivity index (χ1) is 7.68. The molecular weight excluding hydrogens is 200 g/mol. The van der Waals surface area contributed by atoms with Crippen LogP contribution in [0.2, 0.25) is 0 Å². The van der Waals surface area contributed by atoms with Gasteiger partial charge in [0, 0.05) is 19.0 Å². The van der Waals surface area contributed by atoms with E-state index in [1.54, 1.807) is 0 Å². The van der Waals surface area contributed by atoms with Crippen LogP contribution in [-0.4, -0.2) is 35.5 Å². The molecule has 0 aliphatic carbocycles. The molecule has 0 spiro atoms. The first-order valence-corrected chi connectivity index (χ1v) is 6.72. The molecule has 2 atom stereocenters. The van der Waals surface area contributed by atoms with Crippen LogP contribution in [0.25, 0.3) is 0 Å². The Hall–Kier alpha value is -0.570. The van der Waals surface area contributed by atoms with E-state index in [9.17, 15) is 4.79 Å². The number of carbonyl (C=O) groups is 1. The van der Waals surface area contributed by atoms with Crippen molar-refractivity contribution in [3.05, 3.63) is 0 Å². The number of nitrogens with one attached hydrogen (secondary N) is 1. The summed E-state index contributed by atoms with van der Waals surface area (Å²) in [4.78, 5) is 14.2. The fourth-order valence-electron chi connectivity index (χ4n) is 3.43. The minimum Gasteiger partial charge on any atom is -0.336 e. The Balaban J connectivity index is 2.28. The highest BCUT2D eigenvalue weighted by molar-refractivity contribution is 5.77. The molecule has 2 heterocycles. The molecule has 2 saturated heterocycles. The Labute approximate surface area is 98.6 Å². The molecular formula is C13H24N2O. The lowest BCUT2D eigenvalue weighted by molar-refractivity contribution is -0.136. The van der Waals surface area contributed by atoms with Gasteiger partial charge in [0.15, 0.2) is 0 Å². The molecule has 0 bridgehead atoms. The summed E-state index contributed by atoms with van der Waals surface area (Å²) in [6.07, 6.45) is 6.58. The van der Waals surface area contributed by atoms with Crippen molar-refractivity contribution in [2.75, 3.05) is 13.1 Å². The summed E-state index contributed by atoms with van der Waals surface area (Å²) in [5.74, 6) is 0.358. The van der Waals surface area contributed by atoms with E-state index in [-0.39, 0.29) is 5.54 Å². The van der Waals surface area contributed by atoms with Gasteiger partial charge in [0.2, 0.25) is 5.91 Å². The number of rotatable bonds is 1. The first-order valence-electron chi connectivity index (χ1n) is 6.72. The minimum absolute atomic E-state index is 0.0544. The van der Waals surface area contributed by atoms with Gasteiger partial charge in [-0.2, -0.15) is 0 Å². The molecule has 2 aliphatic rings. The monoisotopic (exact) mass is 224 g/mol. The van der Waals surface area contributed by atoms with Gasteiger partial charge < -0.3 is 10.2 Å². The standard InChI is InChI=1S/C13H24N2O/c1-3-15-12(16)8-6-7-11-13(15,2)9-4-5-10-14-11/h11,14H,3-10H2,1-2H3/t11-,13+/m1/s1. The number of hydrogen-bond donors (Lipinski definition) is 1. The van der Waals surface area contributed by atoms with E-state index in [1.165, 1.54) is 12.8 Å². The number of nitrogens with zero attached hydrogens (tertiary/aromatic N) is 1. The van der Waals surface area contributed by atoms with Crippen LogP contribution in [0.5, 0.6) is 0 Å². The van der Waals surface area contributed by atoms with E-state index in [0.717, 1.165) is 38.8 Å². The summed E-state index contributed by atoms with van der Waals surface area (Å²) < 4.78 is 0. The van der Waals surface area contributed by atoms with Crippen molar-refractivity contribution < 1.29 is 4.79 Å². The molecule has 0 radical (unpaired) electrons. The number of likely N-dealkylation sites (N-methyl/N-ethyl adjacent to an activating group) is 1. The van der Waals surface area contributed by atoms with Crippen LogP contribution < -0.4 is 5.32 Å². The van der Waals surface area contributed by atoms with Gasteiger partial charge in [-0.3, -0.25) is 4.79 Å². The summed E-state index contributed by atoms with van der Waals surface area (Å²) in [5.41, 5.74) is 0.0544. The van der Waals surface area contributed by atoms with E-state index in [4.69, 9.17) is 0 Å². The largest absolute Gasteiger partial charge is 0.336 e. The summed E-state index contributed by atoms with van der Waals surface area (Å²) in [7, 11) is 0. The molecule has 3 heteroatoms. The fourth-order valence-corrected chi connectivity index (χ4v) is 3.43. The molecule has 2 rings (SSSR count). The average molecular weight is 224 g/mol. The molecule has 92 valence electrons. The van der Waals surface area contributed by atoms with Gasteiger partial charge in [-0.15, -0.1) is 0 Å². The van der Waals surface area contributed by atoms with Gasteiger partial charge >= 0.3 is 0 Å².